The predicted octanol–water partition coefficient (Wildman–Crippen LogP) is 3.58. The molecule has 0 atom stereocenters. The Bertz CT molecular complexity index is 924. The first-order valence-corrected chi connectivity index (χ1v) is 8.23. The summed E-state index contributed by atoms with van der Waals surface area (Å²) in [6.45, 7) is -0.169. The first-order valence-electron chi connectivity index (χ1n) is 7.42. The number of carbonyl (C=O) groups excluding carboxylic acids is 1. The number of nitrogens with zero attached hydrogens (tertiary/aromatic N) is 1. The average molecular weight is 358 g/mol. The zero-order valence-corrected chi connectivity index (χ0v) is 14.2. The molecule has 0 saturated heterocycles. The van der Waals surface area contributed by atoms with Crippen LogP contribution < -0.4 is 14.9 Å². The van der Waals surface area contributed by atoms with Crippen molar-refractivity contribution in [3.8, 4) is 11.5 Å². The van der Waals surface area contributed by atoms with Crippen molar-refractivity contribution >= 4 is 34.2 Å². The molecule has 0 unspecified atom stereocenters. The molecule has 0 aliphatic rings. The SMILES string of the molecule is COc1ccc2cc(OCC(=O)NN=Cc3ccc(F)s3)ccc2c1. The average Bonchev–Trinajstić information content (AvgIpc) is 3.04. The Labute approximate surface area is 147 Å². The molecule has 128 valence electrons. The van der Waals surface area contributed by atoms with Crippen LogP contribution >= 0.6 is 11.3 Å². The third kappa shape index (κ3) is 4.54. The number of nitrogens with one attached hydrogen (secondary N) is 1. The van der Waals surface area contributed by atoms with Crippen LogP contribution in [0.3, 0.4) is 0 Å². The van der Waals surface area contributed by atoms with Gasteiger partial charge in [-0.2, -0.15) is 9.49 Å². The Balaban J connectivity index is 1.54. The van der Waals surface area contributed by atoms with E-state index in [0.717, 1.165) is 27.9 Å². The maximum absolute atomic E-state index is 12.8. The summed E-state index contributed by atoms with van der Waals surface area (Å²) in [5, 5.41) is 5.46. The number of ether oxygens (including phenoxy) is 2. The number of hydrogen-bond donors (Lipinski definition) is 1. The van der Waals surface area contributed by atoms with Crippen molar-refractivity contribution < 1.29 is 18.7 Å². The molecule has 1 N–H and O–H groups in total. The molecule has 1 amide bonds. The number of fused-ring (bicyclic) bond motifs is 1. The Morgan fingerprint density at radius 2 is 1.88 bits per heavy atom. The molecule has 2 aromatic carbocycles. The van der Waals surface area contributed by atoms with Crippen molar-refractivity contribution in [2.75, 3.05) is 13.7 Å². The van der Waals surface area contributed by atoms with Crippen molar-refractivity contribution in [1.82, 2.24) is 5.43 Å². The number of amides is 1. The first kappa shape index (κ1) is 16.9. The quantitative estimate of drug-likeness (QED) is 0.541. The minimum absolute atomic E-state index is 0.169. The number of rotatable bonds is 6. The van der Waals surface area contributed by atoms with Crippen LogP contribution in [-0.4, -0.2) is 25.8 Å². The molecule has 0 aliphatic carbocycles. The van der Waals surface area contributed by atoms with Gasteiger partial charge in [-0.05, 0) is 47.2 Å². The van der Waals surface area contributed by atoms with Gasteiger partial charge >= 0.3 is 0 Å². The second-order valence-electron chi connectivity index (χ2n) is 5.10. The van der Waals surface area contributed by atoms with Crippen LogP contribution in [0.25, 0.3) is 10.8 Å². The highest BCUT2D eigenvalue weighted by Crippen LogP contribution is 2.24. The molecule has 0 bridgehead atoms. The van der Waals surface area contributed by atoms with Crippen LogP contribution in [0.4, 0.5) is 4.39 Å². The molecule has 25 heavy (non-hydrogen) atoms. The zero-order chi connectivity index (χ0) is 17.6. The van der Waals surface area contributed by atoms with E-state index >= 15 is 0 Å². The van der Waals surface area contributed by atoms with Crippen molar-refractivity contribution in [3.05, 3.63) is 58.5 Å². The van der Waals surface area contributed by atoms with E-state index in [0.29, 0.717) is 10.6 Å². The fourth-order valence-electron chi connectivity index (χ4n) is 2.17. The largest absolute Gasteiger partial charge is 0.497 e. The molecule has 1 heterocycles. The van der Waals surface area contributed by atoms with Crippen LogP contribution in [0.5, 0.6) is 11.5 Å². The highest BCUT2D eigenvalue weighted by Gasteiger charge is 2.04. The number of benzene rings is 2. The van der Waals surface area contributed by atoms with E-state index < -0.39 is 5.91 Å². The summed E-state index contributed by atoms with van der Waals surface area (Å²) < 4.78 is 23.5. The molecule has 0 fully saturated rings. The predicted molar refractivity (Wildman–Crippen MR) is 96.0 cm³/mol. The maximum atomic E-state index is 12.8. The number of hydrazone groups is 1. The first-order chi connectivity index (χ1) is 12.1. The summed E-state index contributed by atoms with van der Waals surface area (Å²) in [7, 11) is 1.62. The highest BCUT2D eigenvalue weighted by molar-refractivity contribution is 7.12. The van der Waals surface area contributed by atoms with Crippen molar-refractivity contribution in [2.45, 2.75) is 0 Å². The summed E-state index contributed by atoms with van der Waals surface area (Å²) in [5.74, 6) is 0.962. The fraction of sp³-hybridized carbons (Fsp3) is 0.111. The van der Waals surface area contributed by atoms with Gasteiger partial charge in [-0.15, -0.1) is 11.3 Å². The molecular weight excluding hydrogens is 343 g/mol. The highest BCUT2D eigenvalue weighted by atomic mass is 32.1. The van der Waals surface area contributed by atoms with E-state index in [1.54, 1.807) is 19.2 Å². The third-order valence-corrected chi connectivity index (χ3v) is 4.17. The standard InChI is InChI=1S/C18H15FN2O3S/c1-23-14-4-2-13-9-15(5-3-12(13)8-14)24-11-18(22)21-20-10-16-6-7-17(19)25-16/h2-10H,11H2,1H3,(H,21,22). The second-order valence-corrected chi connectivity index (χ2v) is 6.16. The zero-order valence-electron chi connectivity index (χ0n) is 13.4. The summed E-state index contributed by atoms with van der Waals surface area (Å²) in [6.07, 6.45) is 1.38. The number of thiophene rings is 1. The Kier molecular flexibility index (Phi) is 5.25. The Hall–Kier alpha value is -2.93. The van der Waals surface area contributed by atoms with Gasteiger partial charge in [0.2, 0.25) is 0 Å². The van der Waals surface area contributed by atoms with Gasteiger partial charge in [0.25, 0.3) is 5.91 Å². The summed E-state index contributed by atoms with van der Waals surface area (Å²) >= 11 is 0.946. The van der Waals surface area contributed by atoms with Crippen LogP contribution in [0, 0.1) is 5.13 Å². The molecule has 0 aliphatic heterocycles. The van der Waals surface area contributed by atoms with E-state index in [4.69, 9.17) is 9.47 Å². The topological polar surface area (TPSA) is 59.9 Å². The lowest BCUT2D eigenvalue weighted by atomic mass is 10.1. The number of hydrogen-bond acceptors (Lipinski definition) is 5. The normalized spacial score (nSPS) is 11.0. The fourth-order valence-corrected chi connectivity index (χ4v) is 2.77. The lowest BCUT2D eigenvalue weighted by Gasteiger charge is -2.07. The summed E-state index contributed by atoms with van der Waals surface area (Å²) in [4.78, 5) is 12.3. The van der Waals surface area contributed by atoms with E-state index in [9.17, 15) is 9.18 Å². The van der Waals surface area contributed by atoms with E-state index in [2.05, 4.69) is 10.5 Å². The Morgan fingerprint density at radius 1 is 1.16 bits per heavy atom. The summed E-state index contributed by atoms with van der Waals surface area (Å²) in [5.41, 5.74) is 2.34. The van der Waals surface area contributed by atoms with Gasteiger partial charge < -0.3 is 9.47 Å². The Morgan fingerprint density at radius 3 is 2.56 bits per heavy atom. The molecule has 5 nitrogen and oxygen atoms in total. The molecule has 3 aromatic rings. The monoisotopic (exact) mass is 358 g/mol. The molecule has 3 rings (SSSR count). The maximum Gasteiger partial charge on any atom is 0.277 e. The third-order valence-electron chi connectivity index (χ3n) is 3.36. The molecule has 0 radical (unpaired) electrons. The number of carbonyl (C=O) groups is 1. The number of methoxy groups -OCH3 is 1. The molecule has 7 heteroatoms. The number of halogens is 1. The van der Waals surface area contributed by atoms with Crippen LogP contribution in [-0.2, 0) is 4.79 Å². The minimum Gasteiger partial charge on any atom is -0.497 e. The molecule has 1 aromatic heterocycles. The van der Waals surface area contributed by atoms with E-state index in [-0.39, 0.29) is 11.7 Å². The van der Waals surface area contributed by atoms with Crippen LogP contribution in [0.15, 0.2) is 53.6 Å². The second kappa shape index (κ2) is 7.76. The lowest BCUT2D eigenvalue weighted by molar-refractivity contribution is -0.123. The lowest BCUT2D eigenvalue weighted by Crippen LogP contribution is -2.24. The van der Waals surface area contributed by atoms with Crippen molar-refractivity contribution in [2.24, 2.45) is 5.10 Å². The molecule has 0 spiro atoms. The van der Waals surface area contributed by atoms with Gasteiger partial charge in [0.05, 0.1) is 18.2 Å². The van der Waals surface area contributed by atoms with Gasteiger partial charge in [-0.1, -0.05) is 12.1 Å². The minimum atomic E-state index is -0.400. The smallest absolute Gasteiger partial charge is 0.277 e. The van der Waals surface area contributed by atoms with Crippen LogP contribution in [0.2, 0.25) is 0 Å². The molecular formula is C18H15FN2O3S. The van der Waals surface area contributed by atoms with Gasteiger partial charge in [0.15, 0.2) is 11.7 Å². The van der Waals surface area contributed by atoms with Gasteiger partial charge in [0.1, 0.15) is 11.5 Å². The van der Waals surface area contributed by atoms with Crippen LogP contribution in [0.1, 0.15) is 4.88 Å². The van der Waals surface area contributed by atoms with Gasteiger partial charge in [-0.25, -0.2) is 5.43 Å². The van der Waals surface area contributed by atoms with Crippen molar-refractivity contribution in [1.29, 1.82) is 0 Å². The van der Waals surface area contributed by atoms with Gasteiger partial charge in [0, 0.05) is 0 Å². The van der Waals surface area contributed by atoms with E-state index in [1.807, 2.05) is 30.3 Å². The van der Waals surface area contributed by atoms with Crippen molar-refractivity contribution in [3.63, 3.8) is 0 Å². The van der Waals surface area contributed by atoms with Gasteiger partial charge in [-0.3, -0.25) is 4.79 Å². The summed E-state index contributed by atoms with van der Waals surface area (Å²) in [6, 6.07) is 14.2. The van der Waals surface area contributed by atoms with E-state index in [1.165, 1.54) is 12.3 Å². The molecule has 0 saturated carbocycles.